The smallest absolute Gasteiger partial charge is 0.255 e. The van der Waals surface area contributed by atoms with Crippen LogP contribution in [-0.2, 0) is 34.0 Å². The van der Waals surface area contributed by atoms with Crippen LogP contribution in [0.4, 0.5) is 4.39 Å². The molecule has 34 heavy (non-hydrogen) atoms. The molecule has 2 fully saturated rings. The molecule has 178 valence electrons. The highest BCUT2D eigenvalue weighted by Crippen LogP contribution is 2.34. The van der Waals surface area contributed by atoms with Gasteiger partial charge in [-0.05, 0) is 30.1 Å². The number of hydrogen-bond donors (Lipinski definition) is 1. The fourth-order valence-electron chi connectivity index (χ4n) is 4.05. The maximum Gasteiger partial charge on any atom is 0.255 e. The van der Waals surface area contributed by atoms with Crippen LogP contribution in [0.25, 0.3) is 0 Å². The Balaban J connectivity index is 1.34. The summed E-state index contributed by atoms with van der Waals surface area (Å²) in [6.07, 6.45) is -6.08. The summed E-state index contributed by atoms with van der Waals surface area (Å²) in [6, 6.07) is 6.58. The number of amides is 3. The lowest BCUT2D eigenvalue weighted by Gasteiger charge is -2.29. The number of benzene rings is 2. The molecule has 1 atom stereocenters. The normalized spacial score (nSPS) is 26.9. The van der Waals surface area contributed by atoms with Crippen molar-refractivity contribution in [3.63, 3.8) is 0 Å². The Morgan fingerprint density at radius 1 is 1.21 bits per heavy atom. The third-order valence-electron chi connectivity index (χ3n) is 5.81. The second-order valence-corrected chi connectivity index (χ2v) is 8.01. The lowest BCUT2D eigenvalue weighted by molar-refractivity contribution is -0.136. The van der Waals surface area contributed by atoms with Gasteiger partial charge in [-0.25, -0.2) is 4.39 Å². The first-order valence-corrected chi connectivity index (χ1v) is 10.8. The van der Waals surface area contributed by atoms with Crippen LogP contribution in [0.3, 0.4) is 0 Å². The van der Waals surface area contributed by atoms with Gasteiger partial charge in [0.1, 0.15) is 24.2 Å². The van der Waals surface area contributed by atoms with Crippen LogP contribution in [0.5, 0.6) is 5.75 Å². The summed E-state index contributed by atoms with van der Waals surface area (Å²) < 4.78 is 75.2. The molecule has 3 aliphatic rings. The molecule has 3 amide bonds. The highest BCUT2D eigenvalue weighted by Gasteiger charge is 2.40. The van der Waals surface area contributed by atoms with Crippen molar-refractivity contribution in [3.05, 3.63) is 64.5 Å². The number of ether oxygens (including phenoxy) is 2. The van der Waals surface area contributed by atoms with Gasteiger partial charge < -0.3 is 14.4 Å². The highest BCUT2D eigenvalue weighted by atomic mass is 19.1. The average molecular weight is 474 g/mol. The summed E-state index contributed by atoms with van der Waals surface area (Å²) in [4.78, 5) is 40.1. The van der Waals surface area contributed by atoms with Crippen molar-refractivity contribution in [1.82, 2.24) is 15.1 Å². The fraction of sp³-hybridized carbons (Fsp3) is 0.400. The van der Waals surface area contributed by atoms with E-state index in [0.29, 0.717) is 31.9 Å². The maximum absolute atomic E-state index is 15.0. The van der Waals surface area contributed by atoms with Gasteiger partial charge in [0, 0.05) is 50.9 Å². The van der Waals surface area contributed by atoms with Gasteiger partial charge in [0.25, 0.3) is 5.91 Å². The number of halogens is 1. The van der Waals surface area contributed by atoms with E-state index >= 15 is 4.39 Å². The van der Waals surface area contributed by atoms with Crippen molar-refractivity contribution in [3.8, 4) is 5.75 Å². The van der Waals surface area contributed by atoms with Crippen molar-refractivity contribution in [1.29, 1.82) is 0 Å². The first kappa shape index (κ1) is 16.3. The molecule has 3 aliphatic heterocycles. The Bertz CT molecular complexity index is 1380. The van der Waals surface area contributed by atoms with Crippen molar-refractivity contribution in [2.45, 2.75) is 38.4 Å². The molecule has 8 nitrogen and oxygen atoms in total. The molecular formula is C25H26FN3O5. The van der Waals surface area contributed by atoms with Crippen LogP contribution in [0, 0.1) is 5.82 Å². The Morgan fingerprint density at radius 2 is 2.03 bits per heavy atom. The first-order chi connectivity index (χ1) is 18.8. The number of nitrogens with zero attached hydrogens (tertiary/aromatic N) is 2. The molecule has 0 aromatic heterocycles. The van der Waals surface area contributed by atoms with Gasteiger partial charge in [-0.15, -0.1) is 0 Å². The van der Waals surface area contributed by atoms with Crippen LogP contribution in [0.1, 0.15) is 48.0 Å². The third-order valence-corrected chi connectivity index (χ3v) is 5.81. The van der Waals surface area contributed by atoms with E-state index < -0.39 is 48.8 Å². The molecule has 0 spiro atoms. The Morgan fingerprint density at radius 3 is 2.82 bits per heavy atom. The van der Waals surface area contributed by atoms with E-state index in [0.717, 1.165) is 11.0 Å². The summed E-state index contributed by atoms with van der Waals surface area (Å²) >= 11 is 0. The van der Waals surface area contributed by atoms with Gasteiger partial charge >= 0.3 is 0 Å². The molecule has 0 radical (unpaired) electrons. The lowest BCUT2D eigenvalue weighted by Crippen LogP contribution is -2.52. The van der Waals surface area contributed by atoms with Crippen LogP contribution in [0.15, 0.2) is 36.4 Å². The molecule has 0 aliphatic carbocycles. The summed E-state index contributed by atoms with van der Waals surface area (Å²) in [5.74, 6) is -3.79. The van der Waals surface area contributed by atoms with Gasteiger partial charge in [0.2, 0.25) is 11.8 Å². The van der Waals surface area contributed by atoms with Gasteiger partial charge in [-0.3, -0.25) is 24.6 Å². The summed E-state index contributed by atoms with van der Waals surface area (Å²) in [7, 11) is 0. The average Bonchev–Trinajstić information content (AvgIpc) is 3.23. The minimum Gasteiger partial charge on any atom is -0.488 e. The van der Waals surface area contributed by atoms with E-state index in [9.17, 15) is 14.4 Å². The number of piperidine rings is 1. The van der Waals surface area contributed by atoms with E-state index in [1.54, 1.807) is 4.90 Å². The molecule has 0 bridgehead atoms. The molecular weight excluding hydrogens is 441 g/mol. The quantitative estimate of drug-likeness (QED) is 0.646. The number of carbonyl (C=O) groups is 3. The predicted molar refractivity (Wildman–Crippen MR) is 119 cm³/mol. The van der Waals surface area contributed by atoms with Crippen molar-refractivity contribution < 1.29 is 36.5 Å². The standard InChI is InChI=1S/C25H26FN3O5/c26-20-12-16(13-28-8-10-33-11-9-28)4-5-17(20)15-34-22-3-1-2-18-19(22)14-29(25(18)32)21-6-7-23(30)27-24(21)31/h1-5,12,21H,6-11,13-15H2,(H,27,30,31)/t21-/m0/s1/i6D2,7D2,13D2. The molecule has 1 N–H and O–H groups in total. The highest BCUT2D eigenvalue weighted by molar-refractivity contribution is 6.05. The Kier molecular flexibility index (Phi) is 4.58. The fourth-order valence-corrected chi connectivity index (χ4v) is 4.05. The van der Waals surface area contributed by atoms with E-state index in [1.807, 2.05) is 5.32 Å². The number of morpholine rings is 1. The summed E-state index contributed by atoms with van der Waals surface area (Å²) in [6.45, 7) is -0.942. The summed E-state index contributed by atoms with van der Waals surface area (Å²) in [5.41, 5.74) is 0.688. The zero-order chi connectivity index (χ0) is 29.0. The zero-order valence-electron chi connectivity index (χ0n) is 24.1. The Hall–Kier alpha value is -3.30. The molecule has 5 rings (SSSR count). The number of imide groups is 1. The van der Waals surface area contributed by atoms with Crippen molar-refractivity contribution >= 4 is 17.7 Å². The number of rotatable bonds is 6. The molecule has 0 saturated carbocycles. The molecule has 3 heterocycles. The van der Waals surface area contributed by atoms with Crippen LogP contribution in [0.2, 0.25) is 0 Å². The second kappa shape index (κ2) is 9.52. The Labute approximate surface area is 205 Å². The zero-order valence-corrected chi connectivity index (χ0v) is 18.1. The largest absolute Gasteiger partial charge is 0.488 e. The predicted octanol–water partition coefficient (Wildman–Crippen LogP) is 2.00. The van der Waals surface area contributed by atoms with Gasteiger partial charge in [-0.1, -0.05) is 18.2 Å². The van der Waals surface area contributed by atoms with E-state index in [2.05, 4.69) is 0 Å². The lowest BCUT2D eigenvalue weighted by atomic mass is 10.0. The minimum atomic E-state index is -3.07. The van der Waals surface area contributed by atoms with Gasteiger partial charge in [-0.2, -0.15) is 0 Å². The van der Waals surface area contributed by atoms with Crippen LogP contribution >= 0.6 is 0 Å². The molecule has 9 heteroatoms. The molecule has 2 aromatic rings. The maximum atomic E-state index is 15.0. The SMILES string of the molecule is [2H]C([2H])(c1ccc(COc2cccc3c2CN([C@@H]2C(=O)NC(=O)C([2H])([2H])C2([2H])[2H])C3=O)c(F)c1)N1CCOCC1. The van der Waals surface area contributed by atoms with Crippen LogP contribution < -0.4 is 10.1 Å². The molecule has 2 saturated heterocycles. The topological polar surface area (TPSA) is 88.2 Å². The van der Waals surface area contributed by atoms with Gasteiger partial charge in [0.05, 0.1) is 19.8 Å². The van der Waals surface area contributed by atoms with Crippen molar-refractivity contribution in [2.75, 3.05) is 26.3 Å². The summed E-state index contributed by atoms with van der Waals surface area (Å²) in [5, 5.41) is 1.81. The number of nitrogens with one attached hydrogen (secondary N) is 1. The van der Waals surface area contributed by atoms with E-state index in [1.165, 1.54) is 30.3 Å². The second-order valence-electron chi connectivity index (χ2n) is 8.01. The third kappa shape index (κ3) is 4.53. The van der Waals surface area contributed by atoms with E-state index in [-0.39, 0.29) is 35.6 Å². The molecule has 0 unspecified atom stereocenters. The van der Waals surface area contributed by atoms with E-state index in [4.69, 9.17) is 17.7 Å². The van der Waals surface area contributed by atoms with Gasteiger partial charge in [0.15, 0.2) is 0 Å². The molecule has 2 aromatic carbocycles. The number of carbonyl (C=O) groups excluding carboxylic acids is 3. The number of hydrogen-bond acceptors (Lipinski definition) is 6. The monoisotopic (exact) mass is 473 g/mol. The first-order valence-electron chi connectivity index (χ1n) is 13.8. The van der Waals surface area contributed by atoms with Crippen LogP contribution in [-0.4, -0.2) is 59.9 Å². The minimum absolute atomic E-state index is 0.105. The number of fused-ring (bicyclic) bond motifs is 1. The van der Waals surface area contributed by atoms with Crippen molar-refractivity contribution in [2.24, 2.45) is 0 Å².